The summed E-state index contributed by atoms with van der Waals surface area (Å²) >= 11 is 0. The second-order valence-corrected chi connectivity index (χ2v) is 4.79. The van der Waals surface area contributed by atoms with Gasteiger partial charge in [0, 0.05) is 18.2 Å². The number of nitro groups is 1. The molecular weight excluding hydrogens is 218 g/mol. The first-order valence-electron chi connectivity index (χ1n) is 5.88. The van der Waals surface area contributed by atoms with E-state index in [1.807, 2.05) is 6.07 Å². The number of aryl methyl sites for hydroxylation is 1. The smallest absolute Gasteiger partial charge is 0.290 e. The highest BCUT2D eigenvalue weighted by Crippen LogP contribution is 2.30. The standard InChI is InChI=1S/C12H17N3O2/c1-8-4-5-14(10(8)3)12-6-9(2)11(7-13-12)15(16)17/h6-8,10H,4-5H2,1-3H3. The predicted octanol–water partition coefficient (Wildman–Crippen LogP) is 2.53. The Labute approximate surface area is 101 Å². The summed E-state index contributed by atoms with van der Waals surface area (Å²) in [6.45, 7) is 7.14. The first kappa shape index (κ1) is 11.8. The van der Waals surface area contributed by atoms with Gasteiger partial charge in [0.2, 0.25) is 0 Å². The molecule has 1 aromatic heterocycles. The zero-order valence-corrected chi connectivity index (χ0v) is 10.4. The minimum absolute atomic E-state index is 0.0913. The molecule has 2 unspecified atom stereocenters. The van der Waals surface area contributed by atoms with Crippen LogP contribution in [0.5, 0.6) is 0 Å². The number of hydrogen-bond donors (Lipinski definition) is 0. The van der Waals surface area contributed by atoms with Gasteiger partial charge in [-0.05, 0) is 32.3 Å². The molecule has 2 rings (SSSR count). The van der Waals surface area contributed by atoms with E-state index in [-0.39, 0.29) is 10.6 Å². The number of anilines is 1. The van der Waals surface area contributed by atoms with Crippen molar-refractivity contribution in [3.63, 3.8) is 0 Å². The molecule has 1 fully saturated rings. The molecule has 0 spiro atoms. The van der Waals surface area contributed by atoms with Crippen molar-refractivity contribution in [2.45, 2.75) is 33.2 Å². The lowest BCUT2D eigenvalue weighted by Crippen LogP contribution is -2.29. The van der Waals surface area contributed by atoms with Gasteiger partial charge in [0.1, 0.15) is 12.0 Å². The summed E-state index contributed by atoms with van der Waals surface area (Å²) in [4.78, 5) is 16.8. The van der Waals surface area contributed by atoms with Crippen LogP contribution in [0.3, 0.4) is 0 Å². The zero-order valence-electron chi connectivity index (χ0n) is 10.4. The summed E-state index contributed by atoms with van der Waals surface area (Å²) in [7, 11) is 0. The van der Waals surface area contributed by atoms with Gasteiger partial charge in [-0.25, -0.2) is 4.98 Å². The Kier molecular flexibility index (Phi) is 3.00. The molecule has 0 aromatic carbocycles. The van der Waals surface area contributed by atoms with Crippen LogP contribution in [0.1, 0.15) is 25.8 Å². The van der Waals surface area contributed by atoms with Crippen molar-refractivity contribution in [3.05, 3.63) is 27.9 Å². The van der Waals surface area contributed by atoms with Crippen molar-refractivity contribution >= 4 is 11.5 Å². The second kappa shape index (κ2) is 4.31. The van der Waals surface area contributed by atoms with Gasteiger partial charge in [0.15, 0.2) is 0 Å². The number of pyridine rings is 1. The van der Waals surface area contributed by atoms with E-state index in [2.05, 4.69) is 23.7 Å². The third kappa shape index (κ3) is 2.09. The van der Waals surface area contributed by atoms with Crippen molar-refractivity contribution in [2.75, 3.05) is 11.4 Å². The Morgan fingerprint density at radius 1 is 1.53 bits per heavy atom. The molecule has 17 heavy (non-hydrogen) atoms. The van der Waals surface area contributed by atoms with E-state index in [0.29, 0.717) is 17.5 Å². The molecule has 2 atom stereocenters. The fourth-order valence-corrected chi connectivity index (χ4v) is 2.30. The molecule has 1 aliphatic rings. The molecule has 2 heterocycles. The van der Waals surface area contributed by atoms with Gasteiger partial charge >= 0.3 is 0 Å². The van der Waals surface area contributed by atoms with Crippen LogP contribution in [0.25, 0.3) is 0 Å². The molecule has 0 radical (unpaired) electrons. The first-order chi connectivity index (χ1) is 8.00. The lowest BCUT2D eigenvalue weighted by Gasteiger charge is -2.24. The van der Waals surface area contributed by atoms with E-state index in [4.69, 9.17) is 0 Å². The first-order valence-corrected chi connectivity index (χ1v) is 5.88. The average Bonchev–Trinajstić information content (AvgIpc) is 2.59. The molecule has 0 bridgehead atoms. The van der Waals surface area contributed by atoms with Crippen LogP contribution in [-0.2, 0) is 0 Å². The molecular formula is C12H17N3O2. The summed E-state index contributed by atoms with van der Waals surface area (Å²) in [6, 6.07) is 2.26. The van der Waals surface area contributed by atoms with Crippen LogP contribution < -0.4 is 4.90 Å². The Hall–Kier alpha value is -1.65. The van der Waals surface area contributed by atoms with Crippen LogP contribution in [0, 0.1) is 23.0 Å². The molecule has 1 saturated heterocycles. The molecule has 0 amide bonds. The molecule has 1 aliphatic heterocycles. The van der Waals surface area contributed by atoms with Gasteiger partial charge in [-0.1, -0.05) is 6.92 Å². The van der Waals surface area contributed by atoms with E-state index < -0.39 is 0 Å². The Balaban J connectivity index is 2.29. The van der Waals surface area contributed by atoms with Gasteiger partial charge in [-0.2, -0.15) is 0 Å². The highest BCUT2D eigenvalue weighted by molar-refractivity contribution is 5.49. The van der Waals surface area contributed by atoms with E-state index in [0.717, 1.165) is 18.8 Å². The monoisotopic (exact) mass is 235 g/mol. The third-order valence-electron chi connectivity index (χ3n) is 3.70. The average molecular weight is 235 g/mol. The lowest BCUT2D eigenvalue weighted by atomic mass is 10.1. The van der Waals surface area contributed by atoms with Crippen LogP contribution in [0.2, 0.25) is 0 Å². The van der Waals surface area contributed by atoms with Gasteiger partial charge in [-0.15, -0.1) is 0 Å². The summed E-state index contributed by atoms with van der Waals surface area (Å²) in [6.07, 6.45) is 2.51. The minimum atomic E-state index is -0.387. The summed E-state index contributed by atoms with van der Waals surface area (Å²) in [5, 5.41) is 10.7. The van der Waals surface area contributed by atoms with E-state index in [1.54, 1.807) is 6.92 Å². The highest BCUT2D eigenvalue weighted by Gasteiger charge is 2.28. The number of hydrogen-bond acceptors (Lipinski definition) is 4. The maximum Gasteiger partial charge on any atom is 0.290 e. The third-order valence-corrected chi connectivity index (χ3v) is 3.70. The number of rotatable bonds is 2. The summed E-state index contributed by atoms with van der Waals surface area (Å²) in [5.41, 5.74) is 0.764. The SMILES string of the molecule is Cc1cc(N2CCC(C)C2C)ncc1[N+](=O)[O-]. The van der Waals surface area contributed by atoms with Crippen molar-refractivity contribution < 1.29 is 4.92 Å². The van der Waals surface area contributed by atoms with Crippen molar-refractivity contribution in [3.8, 4) is 0 Å². The summed E-state index contributed by atoms with van der Waals surface area (Å²) < 4.78 is 0. The van der Waals surface area contributed by atoms with E-state index in [1.165, 1.54) is 6.20 Å². The topological polar surface area (TPSA) is 59.3 Å². The molecule has 0 aliphatic carbocycles. The highest BCUT2D eigenvalue weighted by atomic mass is 16.6. The van der Waals surface area contributed by atoms with Gasteiger partial charge in [-0.3, -0.25) is 10.1 Å². The van der Waals surface area contributed by atoms with Crippen molar-refractivity contribution in [1.82, 2.24) is 4.98 Å². The lowest BCUT2D eigenvalue weighted by molar-refractivity contribution is -0.385. The molecule has 0 N–H and O–H groups in total. The quantitative estimate of drug-likeness (QED) is 0.583. The second-order valence-electron chi connectivity index (χ2n) is 4.79. The Bertz CT molecular complexity index is 447. The number of nitrogens with zero attached hydrogens (tertiary/aromatic N) is 3. The predicted molar refractivity (Wildman–Crippen MR) is 66.2 cm³/mol. The van der Waals surface area contributed by atoms with Crippen molar-refractivity contribution in [2.24, 2.45) is 5.92 Å². The maximum atomic E-state index is 10.7. The molecule has 1 aromatic rings. The number of aromatic nitrogens is 1. The van der Waals surface area contributed by atoms with Gasteiger partial charge in [0.05, 0.1) is 4.92 Å². The van der Waals surface area contributed by atoms with Gasteiger partial charge in [0.25, 0.3) is 5.69 Å². The van der Waals surface area contributed by atoms with E-state index in [9.17, 15) is 10.1 Å². The summed E-state index contributed by atoms with van der Waals surface area (Å²) in [5.74, 6) is 1.50. The molecule has 0 saturated carbocycles. The van der Waals surface area contributed by atoms with Gasteiger partial charge < -0.3 is 4.90 Å². The molecule has 5 heteroatoms. The molecule has 92 valence electrons. The maximum absolute atomic E-state index is 10.7. The molecule has 5 nitrogen and oxygen atoms in total. The van der Waals surface area contributed by atoms with E-state index >= 15 is 0 Å². The Morgan fingerprint density at radius 3 is 2.71 bits per heavy atom. The normalized spacial score (nSPS) is 24.1. The van der Waals surface area contributed by atoms with Crippen LogP contribution >= 0.6 is 0 Å². The van der Waals surface area contributed by atoms with Crippen LogP contribution in [0.4, 0.5) is 11.5 Å². The minimum Gasteiger partial charge on any atom is -0.354 e. The Morgan fingerprint density at radius 2 is 2.24 bits per heavy atom. The zero-order chi connectivity index (χ0) is 12.6. The fourth-order valence-electron chi connectivity index (χ4n) is 2.30. The fraction of sp³-hybridized carbons (Fsp3) is 0.583. The van der Waals surface area contributed by atoms with Crippen LogP contribution in [0.15, 0.2) is 12.3 Å². The van der Waals surface area contributed by atoms with Crippen LogP contribution in [-0.4, -0.2) is 22.5 Å². The largest absolute Gasteiger partial charge is 0.354 e. The van der Waals surface area contributed by atoms with Crippen molar-refractivity contribution in [1.29, 1.82) is 0 Å².